The van der Waals surface area contributed by atoms with Crippen LogP contribution in [0.1, 0.15) is 52.7 Å². The molecule has 26 heavy (non-hydrogen) atoms. The van der Waals surface area contributed by atoms with Crippen molar-refractivity contribution in [2.45, 2.75) is 31.2 Å². The average molecular weight is 388 g/mol. The normalized spacial score (nSPS) is 31.2. The topological polar surface area (TPSA) is 49.3 Å². The lowest BCUT2D eigenvalue weighted by Gasteiger charge is -2.43. The van der Waals surface area contributed by atoms with E-state index >= 15 is 0 Å². The Morgan fingerprint density at radius 3 is 2.62 bits per heavy atom. The Bertz CT molecular complexity index is 913. The highest BCUT2D eigenvalue weighted by Gasteiger charge is 2.54. The van der Waals surface area contributed by atoms with Gasteiger partial charge in [0.1, 0.15) is 0 Å². The number of fused-ring (bicyclic) bond motifs is 7. The van der Waals surface area contributed by atoms with E-state index in [0.29, 0.717) is 39.3 Å². The van der Waals surface area contributed by atoms with Gasteiger partial charge in [-0.1, -0.05) is 29.3 Å². The van der Waals surface area contributed by atoms with Crippen LogP contribution in [0.5, 0.6) is 0 Å². The van der Waals surface area contributed by atoms with E-state index in [2.05, 4.69) is 5.32 Å². The lowest BCUT2D eigenvalue weighted by Crippen LogP contribution is -2.35. The Balaban J connectivity index is 1.64. The number of aromatic carboxylic acids is 1. The van der Waals surface area contributed by atoms with Gasteiger partial charge in [0.25, 0.3) is 0 Å². The van der Waals surface area contributed by atoms with Crippen LogP contribution in [-0.4, -0.2) is 11.1 Å². The van der Waals surface area contributed by atoms with Crippen molar-refractivity contribution in [1.82, 2.24) is 0 Å². The second-order valence-electron chi connectivity index (χ2n) is 7.83. The van der Waals surface area contributed by atoms with Crippen LogP contribution in [0.25, 0.3) is 0 Å². The van der Waals surface area contributed by atoms with Crippen LogP contribution in [0, 0.1) is 17.8 Å². The molecular weight excluding hydrogens is 369 g/mol. The smallest absolute Gasteiger partial charge is 0.335 e. The first-order chi connectivity index (χ1) is 12.5. The molecule has 3 aliphatic rings. The number of anilines is 1. The molecule has 1 aliphatic heterocycles. The second-order valence-corrected chi connectivity index (χ2v) is 8.68. The Hall–Kier alpha value is -1.71. The maximum Gasteiger partial charge on any atom is 0.335 e. The minimum Gasteiger partial charge on any atom is -0.478 e. The molecule has 2 fully saturated rings. The van der Waals surface area contributed by atoms with Gasteiger partial charge in [-0.3, -0.25) is 0 Å². The summed E-state index contributed by atoms with van der Waals surface area (Å²) < 4.78 is 0. The molecule has 1 heterocycles. The van der Waals surface area contributed by atoms with Crippen LogP contribution in [0.2, 0.25) is 10.0 Å². The Labute approximate surface area is 162 Å². The fourth-order valence-corrected chi connectivity index (χ4v) is 6.21. The molecule has 5 heteroatoms. The van der Waals surface area contributed by atoms with Gasteiger partial charge >= 0.3 is 5.97 Å². The monoisotopic (exact) mass is 387 g/mol. The van der Waals surface area contributed by atoms with E-state index in [-0.39, 0.29) is 6.04 Å². The van der Waals surface area contributed by atoms with E-state index in [1.165, 1.54) is 24.8 Å². The summed E-state index contributed by atoms with van der Waals surface area (Å²) in [6.45, 7) is 0. The molecule has 0 spiro atoms. The molecule has 5 atom stereocenters. The first kappa shape index (κ1) is 16.5. The maximum absolute atomic E-state index is 11.5. The summed E-state index contributed by atoms with van der Waals surface area (Å²) in [6.07, 6.45) is 3.72. The van der Waals surface area contributed by atoms with Gasteiger partial charge in [0, 0.05) is 15.7 Å². The minimum atomic E-state index is -0.865. The van der Waals surface area contributed by atoms with Crippen LogP contribution in [0.4, 0.5) is 5.69 Å². The zero-order valence-corrected chi connectivity index (χ0v) is 15.6. The predicted molar refractivity (Wildman–Crippen MR) is 103 cm³/mol. The number of nitrogens with one attached hydrogen (secondary N) is 1. The highest BCUT2D eigenvalue weighted by Crippen LogP contribution is 2.64. The van der Waals surface area contributed by atoms with Gasteiger partial charge in [-0.25, -0.2) is 4.79 Å². The van der Waals surface area contributed by atoms with Crippen molar-refractivity contribution in [3.05, 3.63) is 63.1 Å². The summed E-state index contributed by atoms with van der Waals surface area (Å²) in [4.78, 5) is 11.5. The molecule has 2 aromatic rings. The number of carboxylic acids is 1. The van der Waals surface area contributed by atoms with Crippen LogP contribution in [0.15, 0.2) is 36.4 Å². The molecule has 2 aliphatic carbocycles. The molecule has 0 amide bonds. The summed E-state index contributed by atoms with van der Waals surface area (Å²) in [5.74, 6) is 1.29. The molecule has 0 aromatic heterocycles. The van der Waals surface area contributed by atoms with Crippen molar-refractivity contribution in [1.29, 1.82) is 0 Å². The number of carboxylic acid groups (broad SMARTS) is 1. The largest absolute Gasteiger partial charge is 0.478 e. The fourth-order valence-electron chi connectivity index (χ4n) is 5.68. The van der Waals surface area contributed by atoms with Gasteiger partial charge in [-0.2, -0.15) is 0 Å². The van der Waals surface area contributed by atoms with Gasteiger partial charge < -0.3 is 10.4 Å². The van der Waals surface area contributed by atoms with Gasteiger partial charge in [0.2, 0.25) is 0 Å². The van der Waals surface area contributed by atoms with E-state index in [1.54, 1.807) is 6.07 Å². The molecule has 0 unspecified atom stereocenters. The molecule has 2 N–H and O–H groups in total. The number of carbonyl (C=O) groups is 1. The summed E-state index contributed by atoms with van der Waals surface area (Å²) in [5, 5.41) is 14.4. The van der Waals surface area contributed by atoms with Gasteiger partial charge in [0.15, 0.2) is 0 Å². The highest BCUT2D eigenvalue weighted by atomic mass is 35.5. The van der Waals surface area contributed by atoms with Crippen LogP contribution in [-0.2, 0) is 0 Å². The van der Waals surface area contributed by atoms with E-state index < -0.39 is 5.97 Å². The van der Waals surface area contributed by atoms with E-state index in [9.17, 15) is 9.90 Å². The Kier molecular flexibility index (Phi) is 3.74. The van der Waals surface area contributed by atoms with Crippen molar-refractivity contribution < 1.29 is 9.90 Å². The molecule has 3 nitrogen and oxygen atoms in total. The SMILES string of the molecule is O=C(O)c1ccc2c(c1)[C@@H]1[C@H]3CC[C@@H](C3)[C@H]1[C@H](c1ccc(Cl)cc1Cl)N2. The van der Waals surface area contributed by atoms with Gasteiger partial charge in [0.05, 0.1) is 11.6 Å². The number of rotatable bonds is 2. The molecule has 134 valence electrons. The first-order valence-corrected chi connectivity index (χ1v) is 9.87. The van der Waals surface area contributed by atoms with Crippen molar-refractivity contribution in [3.8, 4) is 0 Å². The molecule has 0 radical (unpaired) electrons. The first-order valence-electron chi connectivity index (χ1n) is 9.11. The minimum absolute atomic E-state index is 0.142. The predicted octanol–water partition coefficient (Wildman–Crippen LogP) is 5.99. The zero-order chi connectivity index (χ0) is 18.0. The van der Waals surface area contributed by atoms with Crippen LogP contribution < -0.4 is 5.32 Å². The Morgan fingerprint density at radius 2 is 1.85 bits per heavy atom. The molecule has 5 rings (SSSR count). The molecule has 0 saturated heterocycles. The van der Waals surface area contributed by atoms with Crippen LogP contribution in [0.3, 0.4) is 0 Å². The number of halogens is 2. The molecule has 2 aromatic carbocycles. The van der Waals surface area contributed by atoms with Crippen molar-refractivity contribution >= 4 is 34.9 Å². The van der Waals surface area contributed by atoms with Crippen molar-refractivity contribution in [3.63, 3.8) is 0 Å². The summed E-state index contributed by atoms with van der Waals surface area (Å²) in [5.41, 5.74) is 3.67. The fraction of sp³-hybridized carbons (Fsp3) is 0.381. The Morgan fingerprint density at radius 1 is 1.04 bits per heavy atom. The third-order valence-corrected chi connectivity index (χ3v) is 7.19. The summed E-state index contributed by atoms with van der Waals surface area (Å²) in [7, 11) is 0. The lowest BCUT2D eigenvalue weighted by atomic mass is 9.68. The van der Waals surface area contributed by atoms with Crippen molar-refractivity contribution in [2.75, 3.05) is 5.32 Å². The van der Waals surface area contributed by atoms with Crippen LogP contribution >= 0.6 is 23.2 Å². The van der Waals surface area contributed by atoms with Gasteiger partial charge in [-0.15, -0.1) is 0 Å². The lowest BCUT2D eigenvalue weighted by molar-refractivity contribution is 0.0696. The highest BCUT2D eigenvalue weighted by molar-refractivity contribution is 6.35. The quantitative estimate of drug-likeness (QED) is 0.665. The average Bonchev–Trinajstić information content (AvgIpc) is 3.23. The molecule has 2 saturated carbocycles. The van der Waals surface area contributed by atoms with Gasteiger partial charge in [-0.05, 0) is 84.4 Å². The van der Waals surface area contributed by atoms with E-state index in [1.807, 2.05) is 30.3 Å². The third-order valence-electron chi connectivity index (χ3n) is 6.63. The number of benzene rings is 2. The standard InChI is InChI=1S/C21H19Cl2NO2/c22-13-4-5-14(16(23)9-13)20-19-11-2-1-10(7-11)18(19)15-8-12(21(25)26)3-6-17(15)24-20/h3-6,8-11,18-20,24H,1-2,7H2,(H,25,26)/t10-,11-,18-,19+,20-/m0/s1. The second kappa shape index (κ2) is 5.90. The number of hydrogen-bond acceptors (Lipinski definition) is 2. The van der Waals surface area contributed by atoms with Crippen molar-refractivity contribution in [2.24, 2.45) is 17.8 Å². The number of hydrogen-bond donors (Lipinski definition) is 2. The zero-order valence-electron chi connectivity index (χ0n) is 14.1. The summed E-state index contributed by atoms with van der Waals surface area (Å²) >= 11 is 12.6. The summed E-state index contributed by atoms with van der Waals surface area (Å²) in [6, 6.07) is 11.4. The van der Waals surface area contributed by atoms with E-state index in [4.69, 9.17) is 23.2 Å². The van der Waals surface area contributed by atoms with E-state index in [0.717, 1.165) is 11.3 Å². The molecular formula is C21H19Cl2NO2. The third kappa shape index (κ3) is 2.37. The maximum atomic E-state index is 11.5. The molecule has 2 bridgehead atoms.